The molecule has 1 aromatic carbocycles. The zero-order chi connectivity index (χ0) is 9.97. The molecule has 0 amide bonds. The van der Waals surface area contributed by atoms with Gasteiger partial charge in [-0.1, -0.05) is 12.1 Å². The number of halogens is 1. The summed E-state index contributed by atoms with van der Waals surface area (Å²) in [5.41, 5.74) is 6.87. The van der Waals surface area contributed by atoms with Crippen molar-refractivity contribution in [3.63, 3.8) is 0 Å². The molecule has 1 aliphatic rings. The minimum absolute atomic E-state index is 0. The summed E-state index contributed by atoms with van der Waals surface area (Å²) in [6.07, 6.45) is 0.924. The van der Waals surface area contributed by atoms with E-state index in [4.69, 9.17) is 15.2 Å². The van der Waals surface area contributed by atoms with Gasteiger partial charge >= 0.3 is 0 Å². The number of benzene rings is 1. The fourth-order valence-corrected chi connectivity index (χ4v) is 1.57. The number of para-hydroxylation sites is 1. The minimum Gasteiger partial charge on any atom is -0.490 e. The van der Waals surface area contributed by atoms with Gasteiger partial charge in [0.2, 0.25) is 0 Å². The summed E-state index contributed by atoms with van der Waals surface area (Å²) < 4.78 is 11.2. The van der Waals surface area contributed by atoms with Gasteiger partial charge in [-0.3, -0.25) is 0 Å². The Morgan fingerprint density at radius 3 is 2.73 bits per heavy atom. The van der Waals surface area contributed by atoms with Crippen molar-refractivity contribution in [3.05, 3.63) is 23.8 Å². The normalized spacial score (nSPS) is 16.1. The van der Waals surface area contributed by atoms with Crippen LogP contribution in [0.15, 0.2) is 18.2 Å². The molecular weight excluding hydrogens is 214 g/mol. The lowest BCUT2D eigenvalue weighted by Gasteiger charge is -2.14. The van der Waals surface area contributed by atoms with Gasteiger partial charge in [-0.2, -0.15) is 0 Å². The number of hydrogen-bond acceptors (Lipinski definition) is 3. The van der Waals surface area contributed by atoms with Crippen LogP contribution in [-0.2, 0) is 0 Å². The van der Waals surface area contributed by atoms with Gasteiger partial charge in [0.05, 0.1) is 13.2 Å². The highest BCUT2D eigenvalue weighted by atomic mass is 35.5. The van der Waals surface area contributed by atoms with Crippen molar-refractivity contribution >= 4 is 12.4 Å². The Bertz CT molecular complexity index is 328. The number of fused-ring (bicyclic) bond motifs is 1. The standard InChI is InChI=1S/C11H15NO2.ClH/c1-8(12)9-4-2-5-10-11(9)14-7-3-6-13-10;/h2,4-5,8H,3,6-7,12H2,1H3;1H/t8-;/m1./s1. The Balaban J connectivity index is 0.00000112. The summed E-state index contributed by atoms with van der Waals surface area (Å²) in [4.78, 5) is 0. The molecular formula is C11H16ClNO2. The lowest BCUT2D eigenvalue weighted by molar-refractivity contribution is 0.295. The maximum atomic E-state index is 5.85. The molecule has 0 saturated carbocycles. The zero-order valence-corrected chi connectivity index (χ0v) is 9.55. The van der Waals surface area contributed by atoms with Gasteiger partial charge in [0.25, 0.3) is 0 Å². The summed E-state index contributed by atoms with van der Waals surface area (Å²) in [5, 5.41) is 0. The first-order chi connectivity index (χ1) is 6.79. The Kier molecular flexibility index (Phi) is 4.24. The van der Waals surface area contributed by atoms with E-state index in [2.05, 4.69) is 0 Å². The van der Waals surface area contributed by atoms with Crippen molar-refractivity contribution < 1.29 is 9.47 Å². The van der Waals surface area contributed by atoms with Gasteiger partial charge in [-0.25, -0.2) is 0 Å². The minimum atomic E-state index is -0.0216. The van der Waals surface area contributed by atoms with Crippen LogP contribution in [-0.4, -0.2) is 13.2 Å². The third-order valence-electron chi connectivity index (χ3n) is 2.29. The number of ether oxygens (including phenoxy) is 2. The van der Waals surface area contributed by atoms with Gasteiger partial charge in [-0.05, 0) is 13.0 Å². The first kappa shape index (κ1) is 12.1. The smallest absolute Gasteiger partial charge is 0.165 e. The number of rotatable bonds is 1. The average Bonchev–Trinajstić information content (AvgIpc) is 2.41. The maximum absolute atomic E-state index is 5.85. The SMILES string of the molecule is C[C@@H](N)c1cccc2c1OCCCO2.Cl. The summed E-state index contributed by atoms with van der Waals surface area (Å²) in [6, 6.07) is 5.84. The van der Waals surface area contributed by atoms with Crippen LogP contribution in [0.4, 0.5) is 0 Å². The number of hydrogen-bond donors (Lipinski definition) is 1. The van der Waals surface area contributed by atoms with E-state index < -0.39 is 0 Å². The monoisotopic (exact) mass is 229 g/mol. The summed E-state index contributed by atoms with van der Waals surface area (Å²) in [5.74, 6) is 1.64. The Hall–Kier alpha value is -0.930. The van der Waals surface area contributed by atoms with E-state index in [0.29, 0.717) is 6.61 Å². The summed E-state index contributed by atoms with van der Waals surface area (Å²) in [7, 11) is 0. The van der Waals surface area contributed by atoms with Gasteiger partial charge in [0.1, 0.15) is 0 Å². The van der Waals surface area contributed by atoms with E-state index in [1.165, 1.54) is 0 Å². The highest BCUT2D eigenvalue weighted by Gasteiger charge is 2.15. The molecule has 1 heterocycles. The maximum Gasteiger partial charge on any atom is 0.165 e. The van der Waals surface area contributed by atoms with Crippen molar-refractivity contribution in [1.29, 1.82) is 0 Å². The molecule has 15 heavy (non-hydrogen) atoms. The second-order valence-corrected chi connectivity index (χ2v) is 3.51. The summed E-state index contributed by atoms with van der Waals surface area (Å²) >= 11 is 0. The molecule has 2 rings (SSSR count). The summed E-state index contributed by atoms with van der Waals surface area (Å²) in [6.45, 7) is 3.37. The molecule has 0 aromatic heterocycles. The molecule has 0 saturated heterocycles. The molecule has 4 heteroatoms. The largest absolute Gasteiger partial charge is 0.490 e. The van der Waals surface area contributed by atoms with Gasteiger partial charge in [-0.15, -0.1) is 12.4 Å². The van der Waals surface area contributed by atoms with Crippen LogP contribution in [0.2, 0.25) is 0 Å². The molecule has 1 aromatic rings. The van der Waals surface area contributed by atoms with E-state index in [9.17, 15) is 0 Å². The van der Waals surface area contributed by atoms with Gasteiger partial charge < -0.3 is 15.2 Å². The van der Waals surface area contributed by atoms with Crippen LogP contribution in [0.3, 0.4) is 0 Å². The highest BCUT2D eigenvalue weighted by molar-refractivity contribution is 5.85. The molecule has 1 aliphatic heterocycles. The van der Waals surface area contributed by atoms with Crippen LogP contribution < -0.4 is 15.2 Å². The molecule has 0 aliphatic carbocycles. The lowest BCUT2D eigenvalue weighted by Crippen LogP contribution is -2.08. The Labute approximate surface area is 96.0 Å². The van der Waals surface area contributed by atoms with Crippen molar-refractivity contribution in [2.75, 3.05) is 13.2 Å². The molecule has 3 nitrogen and oxygen atoms in total. The second-order valence-electron chi connectivity index (χ2n) is 3.51. The first-order valence-electron chi connectivity index (χ1n) is 4.93. The topological polar surface area (TPSA) is 44.5 Å². The predicted molar refractivity (Wildman–Crippen MR) is 61.9 cm³/mol. The molecule has 0 radical (unpaired) electrons. The first-order valence-corrected chi connectivity index (χ1v) is 4.93. The van der Waals surface area contributed by atoms with Crippen LogP contribution in [0.25, 0.3) is 0 Å². The van der Waals surface area contributed by atoms with E-state index >= 15 is 0 Å². The Morgan fingerprint density at radius 1 is 1.27 bits per heavy atom. The van der Waals surface area contributed by atoms with E-state index in [1.54, 1.807) is 0 Å². The molecule has 0 bridgehead atoms. The Morgan fingerprint density at radius 2 is 2.00 bits per heavy atom. The molecule has 1 atom stereocenters. The van der Waals surface area contributed by atoms with Crippen LogP contribution in [0, 0.1) is 0 Å². The van der Waals surface area contributed by atoms with Crippen LogP contribution >= 0.6 is 12.4 Å². The lowest BCUT2D eigenvalue weighted by atomic mass is 10.1. The zero-order valence-electron chi connectivity index (χ0n) is 8.73. The van der Waals surface area contributed by atoms with E-state index in [0.717, 1.165) is 30.1 Å². The fraction of sp³-hybridized carbons (Fsp3) is 0.455. The van der Waals surface area contributed by atoms with Gasteiger partial charge in [0.15, 0.2) is 11.5 Å². The molecule has 0 fully saturated rings. The molecule has 0 unspecified atom stereocenters. The quantitative estimate of drug-likeness (QED) is 0.804. The third-order valence-corrected chi connectivity index (χ3v) is 2.29. The van der Waals surface area contributed by atoms with Crippen molar-refractivity contribution in [3.8, 4) is 11.5 Å². The van der Waals surface area contributed by atoms with E-state index in [1.807, 2.05) is 25.1 Å². The molecule has 84 valence electrons. The van der Waals surface area contributed by atoms with Crippen molar-refractivity contribution in [2.45, 2.75) is 19.4 Å². The van der Waals surface area contributed by atoms with E-state index in [-0.39, 0.29) is 18.4 Å². The van der Waals surface area contributed by atoms with Crippen molar-refractivity contribution in [2.24, 2.45) is 5.73 Å². The molecule has 0 spiro atoms. The molecule has 2 N–H and O–H groups in total. The fourth-order valence-electron chi connectivity index (χ4n) is 1.57. The average molecular weight is 230 g/mol. The third kappa shape index (κ3) is 2.55. The predicted octanol–water partition coefficient (Wildman–Crippen LogP) is 2.29. The van der Waals surface area contributed by atoms with Gasteiger partial charge in [0, 0.05) is 18.0 Å². The number of nitrogens with two attached hydrogens (primary N) is 1. The van der Waals surface area contributed by atoms with Crippen molar-refractivity contribution in [1.82, 2.24) is 0 Å². The van der Waals surface area contributed by atoms with Crippen LogP contribution in [0.5, 0.6) is 11.5 Å². The second kappa shape index (κ2) is 5.24. The highest BCUT2D eigenvalue weighted by Crippen LogP contribution is 2.35. The van der Waals surface area contributed by atoms with Crippen LogP contribution in [0.1, 0.15) is 24.9 Å².